The van der Waals surface area contributed by atoms with E-state index in [1.165, 1.54) is 12.1 Å². The molecule has 0 bridgehead atoms. The van der Waals surface area contributed by atoms with Gasteiger partial charge in [-0.05, 0) is 5.56 Å². The van der Waals surface area contributed by atoms with Gasteiger partial charge in [-0.1, -0.05) is 24.3 Å². The highest BCUT2D eigenvalue weighted by molar-refractivity contribution is 5.33. The summed E-state index contributed by atoms with van der Waals surface area (Å²) in [4.78, 5) is 10.0. The van der Waals surface area contributed by atoms with E-state index in [9.17, 15) is 10.1 Å². The lowest BCUT2D eigenvalue weighted by molar-refractivity contribution is -0.384. The number of hydrogen-bond acceptors (Lipinski definition) is 3. The van der Waals surface area contributed by atoms with Crippen LogP contribution in [0.15, 0.2) is 36.4 Å². The van der Waals surface area contributed by atoms with Gasteiger partial charge in [-0.15, -0.1) is 0 Å². The van der Waals surface area contributed by atoms with Crippen LogP contribution in [0, 0.1) is 10.1 Å². The van der Waals surface area contributed by atoms with E-state index in [2.05, 4.69) is 0 Å². The van der Waals surface area contributed by atoms with E-state index in [-0.39, 0.29) is 11.8 Å². The molecule has 1 aromatic rings. The van der Waals surface area contributed by atoms with Gasteiger partial charge in [-0.25, -0.2) is 0 Å². The summed E-state index contributed by atoms with van der Waals surface area (Å²) in [6.45, 7) is 0.664. The molecule has 0 radical (unpaired) electrons. The summed E-state index contributed by atoms with van der Waals surface area (Å²) in [5.41, 5.74) is 1.18. The van der Waals surface area contributed by atoms with Gasteiger partial charge < -0.3 is 4.74 Å². The Morgan fingerprint density at radius 2 is 2.13 bits per heavy atom. The monoisotopic (exact) mass is 205 g/mol. The number of benzene rings is 1. The number of rotatable bonds is 3. The van der Waals surface area contributed by atoms with Gasteiger partial charge in [0.2, 0.25) is 0 Å². The third kappa shape index (κ3) is 2.41. The number of hydrogen-bond donors (Lipinski definition) is 0. The Morgan fingerprint density at radius 1 is 1.40 bits per heavy atom. The molecule has 78 valence electrons. The van der Waals surface area contributed by atoms with Gasteiger partial charge in [-0.2, -0.15) is 0 Å². The minimum absolute atomic E-state index is 0.117. The second-order valence-electron chi connectivity index (χ2n) is 3.43. The molecule has 0 aromatic heterocycles. The molecular formula is C11H11NO3. The standard InChI is InChI=1S/C11H11NO3/c13-12(14)10-5-3-9(4-6-10)8-11-2-1-7-15-11/h1-6,11H,7-8H2/t11-/m1/s1. The Labute approximate surface area is 87.3 Å². The van der Waals surface area contributed by atoms with Crippen LogP contribution in [-0.2, 0) is 11.2 Å². The lowest BCUT2D eigenvalue weighted by atomic mass is 10.1. The fourth-order valence-electron chi connectivity index (χ4n) is 1.56. The molecule has 0 aliphatic carbocycles. The summed E-state index contributed by atoms with van der Waals surface area (Å²) >= 11 is 0. The third-order valence-corrected chi connectivity index (χ3v) is 2.34. The Hall–Kier alpha value is -1.68. The van der Waals surface area contributed by atoms with Gasteiger partial charge >= 0.3 is 0 Å². The van der Waals surface area contributed by atoms with Crippen molar-refractivity contribution in [3.63, 3.8) is 0 Å². The van der Waals surface area contributed by atoms with Crippen molar-refractivity contribution in [2.45, 2.75) is 12.5 Å². The summed E-state index contributed by atoms with van der Waals surface area (Å²) in [6.07, 6.45) is 4.89. The zero-order valence-electron chi connectivity index (χ0n) is 8.13. The lowest BCUT2D eigenvalue weighted by Gasteiger charge is -2.07. The maximum atomic E-state index is 10.4. The molecule has 0 unspecified atom stereocenters. The molecule has 1 aliphatic rings. The average Bonchev–Trinajstić information content (AvgIpc) is 2.71. The van der Waals surface area contributed by atoms with Crippen LogP contribution in [0.4, 0.5) is 5.69 Å². The average molecular weight is 205 g/mol. The molecule has 1 aliphatic heterocycles. The number of nitro groups is 1. The van der Waals surface area contributed by atoms with Crippen molar-refractivity contribution in [2.75, 3.05) is 6.61 Å². The second-order valence-corrected chi connectivity index (χ2v) is 3.43. The minimum Gasteiger partial charge on any atom is -0.370 e. The van der Waals surface area contributed by atoms with Gasteiger partial charge in [-0.3, -0.25) is 10.1 Å². The molecule has 1 atom stereocenters. The van der Waals surface area contributed by atoms with Crippen LogP contribution < -0.4 is 0 Å². The van der Waals surface area contributed by atoms with E-state index in [1.807, 2.05) is 12.2 Å². The largest absolute Gasteiger partial charge is 0.370 e. The molecule has 2 rings (SSSR count). The molecule has 0 spiro atoms. The quantitative estimate of drug-likeness (QED) is 0.431. The Balaban J connectivity index is 2.03. The first kappa shape index (κ1) is 9.86. The predicted octanol–water partition coefficient (Wildman–Crippen LogP) is 2.09. The first-order chi connectivity index (χ1) is 7.25. The molecule has 0 amide bonds. The highest BCUT2D eigenvalue weighted by Gasteiger charge is 2.11. The number of ether oxygens (including phenoxy) is 1. The minimum atomic E-state index is -0.393. The summed E-state index contributed by atoms with van der Waals surface area (Å²) < 4.78 is 5.39. The summed E-state index contributed by atoms with van der Waals surface area (Å²) in [5, 5.41) is 10.4. The van der Waals surface area contributed by atoms with Crippen molar-refractivity contribution in [1.82, 2.24) is 0 Å². The van der Waals surface area contributed by atoms with Crippen molar-refractivity contribution in [3.8, 4) is 0 Å². The van der Waals surface area contributed by atoms with Crippen LogP contribution in [-0.4, -0.2) is 17.6 Å². The third-order valence-electron chi connectivity index (χ3n) is 2.34. The SMILES string of the molecule is O=[N+]([O-])c1ccc(C[C@H]2C=CCO2)cc1. The second kappa shape index (κ2) is 4.23. The first-order valence-electron chi connectivity index (χ1n) is 4.77. The van der Waals surface area contributed by atoms with Crippen LogP contribution in [0.3, 0.4) is 0 Å². The molecule has 0 saturated heterocycles. The van der Waals surface area contributed by atoms with Crippen molar-refractivity contribution in [1.29, 1.82) is 0 Å². The zero-order chi connectivity index (χ0) is 10.7. The van der Waals surface area contributed by atoms with Gasteiger partial charge in [0.15, 0.2) is 0 Å². The van der Waals surface area contributed by atoms with Gasteiger partial charge in [0.1, 0.15) is 0 Å². The van der Waals surface area contributed by atoms with E-state index in [0.717, 1.165) is 12.0 Å². The summed E-state index contributed by atoms with van der Waals surface area (Å²) in [6, 6.07) is 6.59. The van der Waals surface area contributed by atoms with E-state index in [1.54, 1.807) is 12.1 Å². The number of non-ortho nitro benzene ring substituents is 1. The molecule has 1 heterocycles. The molecule has 4 nitrogen and oxygen atoms in total. The van der Waals surface area contributed by atoms with E-state index < -0.39 is 4.92 Å². The highest BCUT2D eigenvalue weighted by Crippen LogP contribution is 2.15. The normalized spacial score (nSPS) is 19.3. The molecular weight excluding hydrogens is 194 g/mol. The van der Waals surface area contributed by atoms with E-state index in [0.29, 0.717) is 6.61 Å². The van der Waals surface area contributed by atoms with Crippen LogP contribution in [0.2, 0.25) is 0 Å². The Kier molecular flexibility index (Phi) is 2.78. The van der Waals surface area contributed by atoms with E-state index in [4.69, 9.17) is 4.74 Å². The Bertz CT molecular complexity index is 383. The molecule has 4 heteroatoms. The maximum absolute atomic E-state index is 10.4. The lowest BCUT2D eigenvalue weighted by Crippen LogP contribution is -2.08. The number of nitro benzene ring substituents is 1. The molecule has 15 heavy (non-hydrogen) atoms. The fraction of sp³-hybridized carbons (Fsp3) is 0.273. The van der Waals surface area contributed by atoms with Crippen LogP contribution >= 0.6 is 0 Å². The maximum Gasteiger partial charge on any atom is 0.269 e. The molecule has 1 aromatic carbocycles. The van der Waals surface area contributed by atoms with Crippen LogP contribution in [0.25, 0.3) is 0 Å². The topological polar surface area (TPSA) is 52.4 Å². The van der Waals surface area contributed by atoms with Gasteiger partial charge in [0, 0.05) is 18.6 Å². The zero-order valence-corrected chi connectivity index (χ0v) is 8.13. The fourth-order valence-corrected chi connectivity index (χ4v) is 1.56. The van der Waals surface area contributed by atoms with Crippen molar-refractivity contribution < 1.29 is 9.66 Å². The molecule has 0 N–H and O–H groups in total. The van der Waals surface area contributed by atoms with E-state index >= 15 is 0 Å². The number of nitrogens with zero attached hydrogens (tertiary/aromatic N) is 1. The van der Waals surface area contributed by atoms with Crippen LogP contribution in [0.1, 0.15) is 5.56 Å². The van der Waals surface area contributed by atoms with Crippen molar-refractivity contribution >= 4 is 5.69 Å². The van der Waals surface area contributed by atoms with Crippen molar-refractivity contribution in [3.05, 3.63) is 52.1 Å². The summed E-state index contributed by atoms with van der Waals surface area (Å²) in [7, 11) is 0. The molecule has 0 saturated carbocycles. The predicted molar refractivity (Wildman–Crippen MR) is 55.7 cm³/mol. The highest BCUT2D eigenvalue weighted by atomic mass is 16.6. The smallest absolute Gasteiger partial charge is 0.269 e. The first-order valence-corrected chi connectivity index (χ1v) is 4.77. The molecule has 0 fully saturated rings. The van der Waals surface area contributed by atoms with Gasteiger partial charge in [0.25, 0.3) is 5.69 Å². The summed E-state index contributed by atoms with van der Waals surface area (Å²) in [5.74, 6) is 0. The van der Waals surface area contributed by atoms with Crippen molar-refractivity contribution in [2.24, 2.45) is 0 Å². The Morgan fingerprint density at radius 3 is 2.67 bits per heavy atom. The van der Waals surface area contributed by atoms with Crippen LogP contribution in [0.5, 0.6) is 0 Å². The van der Waals surface area contributed by atoms with Gasteiger partial charge in [0.05, 0.1) is 17.6 Å².